The number of rotatable bonds is 1. The molecule has 3 rings (SSSR count). The molecule has 3 atom stereocenters. The number of carbonyl (C=O) groups is 2. The number of aldehydes is 1. The van der Waals surface area contributed by atoms with Gasteiger partial charge in [0, 0.05) is 17.4 Å². The topological polar surface area (TPSA) is 43.4 Å². The van der Waals surface area contributed by atoms with Crippen LogP contribution in [0.1, 0.15) is 19.8 Å². The first-order valence-corrected chi connectivity index (χ1v) is 5.87. The second kappa shape index (κ2) is 3.42. The van der Waals surface area contributed by atoms with Crippen molar-refractivity contribution in [1.29, 1.82) is 0 Å². The predicted molar refractivity (Wildman–Crippen MR) is 62.1 cm³/mol. The summed E-state index contributed by atoms with van der Waals surface area (Å²) in [5, 5.41) is 0. The molecular formula is C14H14O3. The van der Waals surface area contributed by atoms with Crippen LogP contribution in [0.4, 0.5) is 0 Å². The maximum Gasteiger partial charge on any atom is 0.334 e. The average Bonchev–Trinajstić information content (AvgIpc) is 2.82. The molecule has 2 aliphatic carbocycles. The fourth-order valence-corrected chi connectivity index (χ4v) is 3.25. The third kappa shape index (κ3) is 1.28. The predicted octanol–water partition coefficient (Wildman–Crippen LogP) is 1.95. The summed E-state index contributed by atoms with van der Waals surface area (Å²) in [5.41, 5.74) is 3.70. The van der Waals surface area contributed by atoms with Crippen LogP contribution in [0.2, 0.25) is 0 Å². The molecule has 2 unspecified atom stereocenters. The molecule has 0 bridgehead atoms. The van der Waals surface area contributed by atoms with Crippen LogP contribution < -0.4 is 0 Å². The SMILES string of the molecule is C=C1C(=O)O[C@H]2C1CC(C=O)=C1CC=C(C)C12. The molecule has 1 fully saturated rings. The number of fused-ring (bicyclic) bond motifs is 3. The van der Waals surface area contributed by atoms with Crippen molar-refractivity contribution in [3.63, 3.8) is 0 Å². The van der Waals surface area contributed by atoms with Crippen molar-refractivity contribution in [3.05, 3.63) is 34.9 Å². The molecule has 0 aromatic carbocycles. The lowest BCUT2D eigenvalue weighted by atomic mass is 9.73. The Balaban J connectivity index is 2.08. The van der Waals surface area contributed by atoms with Crippen LogP contribution >= 0.6 is 0 Å². The molecule has 0 aromatic heterocycles. The molecule has 1 saturated heterocycles. The third-order valence-corrected chi connectivity index (χ3v) is 4.18. The van der Waals surface area contributed by atoms with E-state index in [0.717, 1.165) is 23.9 Å². The molecule has 88 valence electrons. The number of allylic oxidation sites excluding steroid dienone is 2. The standard InChI is InChI=1S/C14H14O3/c1-7-3-4-10-9(6-15)5-11-8(2)14(16)17-13(11)12(7)10/h3,6,11-13H,2,4-5H2,1H3/t11?,12?,13-/m0/s1. The maximum atomic E-state index is 11.6. The van der Waals surface area contributed by atoms with Gasteiger partial charge in [0.25, 0.3) is 0 Å². The molecule has 0 radical (unpaired) electrons. The monoisotopic (exact) mass is 230 g/mol. The molecule has 3 aliphatic rings. The van der Waals surface area contributed by atoms with E-state index in [9.17, 15) is 9.59 Å². The number of carbonyl (C=O) groups excluding carboxylic acids is 2. The second-order valence-corrected chi connectivity index (χ2v) is 5.00. The maximum absolute atomic E-state index is 11.6. The summed E-state index contributed by atoms with van der Waals surface area (Å²) < 4.78 is 5.43. The van der Waals surface area contributed by atoms with E-state index in [2.05, 4.69) is 12.7 Å². The molecule has 0 spiro atoms. The Labute approximate surface area is 99.8 Å². The zero-order valence-corrected chi connectivity index (χ0v) is 9.73. The van der Waals surface area contributed by atoms with Gasteiger partial charge in [-0.15, -0.1) is 0 Å². The fourth-order valence-electron chi connectivity index (χ4n) is 3.25. The zero-order chi connectivity index (χ0) is 12.2. The van der Waals surface area contributed by atoms with E-state index in [1.54, 1.807) is 0 Å². The van der Waals surface area contributed by atoms with Gasteiger partial charge in [0.05, 0.1) is 0 Å². The van der Waals surface area contributed by atoms with Crippen molar-refractivity contribution < 1.29 is 14.3 Å². The highest BCUT2D eigenvalue weighted by Crippen LogP contribution is 2.49. The van der Waals surface area contributed by atoms with Crippen LogP contribution in [0.3, 0.4) is 0 Å². The van der Waals surface area contributed by atoms with Gasteiger partial charge in [-0.1, -0.05) is 18.2 Å². The van der Waals surface area contributed by atoms with Crippen LogP contribution in [0, 0.1) is 11.8 Å². The van der Waals surface area contributed by atoms with E-state index in [1.165, 1.54) is 5.57 Å². The Hall–Kier alpha value is -1.64. The molecule has 0 amide bonds. The Kier molecular flexibility index (Phi) is 2.12. The molecule has 0 aromatic rings. The lowest BCUT2D eigenvalue weighted by Gasteiger charge is -2.32. The Bertz CT molecular complexity index is 496. The average molecular weight is 230 g/mol. The van der Waals surface area contributed by atoms with Gasteiger partial charge in [0.2, 0.25) is 0 Å². The summed E-state index contributed by atoms with van der Waals surface area (Å²) in [7, 11) is 0. The van der Waals surface area contributed by atoms with E-state index >= 15 is 0 Å². The van der Waals surface area contributed by atoms with Gasteiger partial charge >= 0.3 is 5.97 Å². The first-order valence-electron chi connectivity index (χ1n) is 5.87. The molecule has 1 heterocycles. The highest BCUT2D eigenvalue weighted by molar-refractivity contribution is 5.92. The second-order valence-electron chi connectivity index (χ2n) is 5.00. The summed E-state index contributed by atoms with van der Waals surface area (Å²) >= 11 is 0. The van der Waals surface area contributed by atoms with Crippen molar-refractivity contribution in [1.82, 2.24) is 0 Å². The quantitative estimate of drug-likeness (QED) is 0.299. The largest absolute Gasteiger partial charge is 0.457 e. The number of hydrogen-bond acceptors (Lipinski definition) is 3. The van der Waals surface area contributed by atoms with E-state index in [0.29, 0.717) is 12.0 Å². The minimum atomic E-state index is -0.300. The summed E-state index contributed by atoms with van der Waals surface area (Å²) in [6.07, 6.45) is 4.35. The number of ether oxygens (including phenoxy) is 1. The van der Waals surface area contributed by atoms with Gasteiger partial charge in [-0.2, -0.15) is 0 Å². The highest BCUT2D eigenvalue weighted by atomic mass is 16.6. The lowest BCUT2D eigenvalue weighted by Crippen LogP contribution is -2.32. The first-order chi connectivity index (χ1) is 8.13. The smallest absolute Gasteiger partial charge is 0.334 e. The van der Waals surface area contributed by atoms with Crippen LogP contribution in [0.25, 0.3) is 0 Å². The third-order valence-electron chi connectivity index (χ3n) is 4.18. The molecular weight excluding hydrogens is 216 g/mol. The summed E-state index contributed by atoms with van der Waals surface area (Å²) in [6, 6.07) is 0. The van der Waals surface area contributed by atoms with Crippen LogP contribution in [0.15, 0.2) is 34.9 Å². The van der Waals surface area contributed by atoms with E-state index < -0.39 is 0 Å². The van der Waals surface area contributed by atoms with E-state index in [4.69, 9.17) is 4.74 Å². The summed E-state index contributed by atoms with van der Waals surface area (Å²) in [5.74, 6) is -0.207. The summed E-state index contributed by atoms with van der Waals surface area (Å²) in [4.78, 5) is 22.7. The van der Waals surface area contributed by atoms with Gasteiger partial charge in [0.1, 0.15) is 12.4 Å². The van der Waals surface area contributed by atoms with Gasteiger partial charge in [-0.25, -0.2) is 4.79 Å². The molecule has 1 aliphatic heterocycles. The molecule has 3 heteroatoms. The number of hydrogen-bond donors (Lipinski definition) is 0. The van der Waals surface area contributed by atoms with Crippen LogP contribution in [-0.2, 0) is 14.3 Å². The zero-order valence-electron chi connectivity index (χ0n) is 9.73. The fraction of sp³-hybridized carbons (Fsp3) is 0.429. The van der Waals surface area contributed by atoms with Gasteiger partial charge < -0.3 is 4.74 Å². The van der Waals surface area contributed by atoms with Crippen LogP contribution in [0.5, 0.6) is 0 Å². The van der Waals surface area contributed by atoms with Gasteiger partial charge in [0.15, 0.2) is 0 Å². The van der Waals surface area contributed by atoms with Crippen molar-refractivity contribution in [2.75, 3.05) is 0 Å². The van der Waals surface area contributed by atoms with Crippen molar-refractivity contribution in [2.45, 2.75) is 25.9 Å². The number of esters is 1. The van der Waals surface area contributed by atoms with Gasteiger partial charge in [-0.05, 0) is 30.9 Å². The van der Waals surface area contributed by atoms with E-state index in [1.807, 2.05) is 6.92 Å². The summed E-state index contributed by atoms with van der Waals surface area (Å²) in [6.45, 7) is 5.83. The highest BCUT2D eigenvalue weighted by Gasteiger charge is 2.49. The molecule has 17 heavy (non-hydrogen) atoms. The molecule has 0 N–H and O–H groups in total. The first kappa shape index (κ1) is 10.5. The Morgan fingerprint density at radius 1 is 1.53 bits per heavy atom. The van der Waals surface area contributed by atoms with Crippen LogP contribution in [-0.4, -0.2) is 18.4 Å². The normalized spacial score (nSPS) is 35.4. The van der Waals surface area contributed by atoms with Crippen molar-refractivity contribution in [2.24, 2.45) is 11.8 Å². The van der Waals surface area contributed by atoms with E-state index in [-0.39, 0.29) is 23.9 Å². The Morgan fingerprint density at radius 3 is 3.00 bits per heavy atom. The minimum absolute atomic E-state index is 0.0158. The van der Waals surface area contributed by atoms with Crippen molar-refractivity contribution in [3.8, 4) is 0 Å². The molecule has 0 saturated carbocycles. The van der Waals surface area contributed by atoms with Crippen molar-refractivity contribution >= 4 is 12.3 Å². The Morgan fingerprint density at radius 2 is 2.29 bits per heavy atom. The minimum Gasteiger partial charge on any atom is -0.457 e. The lowest BCUT2D eigenvalue weighted by molar-refractivity contribution is -0.140. The molecule has 3 nitrogen and oxygen atoms in total. The van der Waals surface area contributed by atoms with Gasteiger partial charge in [-0.3, -0.25) is 4.79 Å².